The van der Waals surface area contributed by atoms with E-state index in [1.807, 2.05) is 48.5 Å². The molecule has 1 saturated heterocycles. The number of aryl methyl sites for hydroxylation is 1. The minimum Gasteiger partial charge on any atom is -0.348 e. The molecule has 5 rings (SSSR count). The van der Waals surface area contributed by atoms with Crippen molar-refractivity contribution >= 4 is 49.9 Å². The van der Waals surface area contributed by atoms with Crippen LogP contribution in [0.15, 0.2) is 48.5 Å². The van der Waals surface area contributed by atoms with Crippen molar-refractivity contribution < 1.29 is 4.79 Å². The lowest BCUT2D eigenvalue weighted by Gasteiger charge is -2.11. The normalized spacial score (nSPS) is 13.8. The second-order valence-electron chi connectivity index (χ2n) is 7.72. The topological polar surface area (TPSA) is 63.1 Å². The van der Waals surface area contributed by atoms with E-state index >= 15 is 0 Å². The van der Waals surface area contributed by atoms with E-state index in [9.17, 15) is 4.79 Å². The molecule has 2 aromatic carbocycles. The second kappa shape index (κ2) is 8.32. The molecule has 1 fully saturated rings. The number of rotatable bonds is 5. The Morgan fingerprint density at radius 1 is 1.16 bits per heavy atom. The van der Waals surface area contributed by atoms with Gasteiger partial charge in [0.25, 0.3) is 5.91 Å². The van der Waals surface area contributed by atoms with Crippen molar-refractivity contribution in [2.75, 3.05) is 23.3 Å². The molecule has 0 radical (unpaired) electrons. The predicted octanol–water partition coefficient (Wildman–Crippen LogP) is 5.36. The third-order valence-electron chi connectivity index (χ3n) is 5.48. The smallest absolute Gasteiger partial charge is 0.260 e. The van der Waals surface area contributed by atoms with Gasteiger partial charge in [0, 0.05) is 18.8 Å². The number of amides is 1. The van der Waals surface area contributed by atoms with Gasteiger partial charge in [-0.2, -0.15) is 5.10 Å². The van der Waals surface area contributed by atoms with Crippen LogP contribution in [0.4, 0.5) is 10.8 Å². The molecule has 1 amide bonds. The maximum absolute atomic E-state index is 13.0. The van der Waals surface area contributed by atoms with Gasteiger partial charge >= 0.3 is 0 Å². The third kappa shape index (κ3) is 4.03. The number of thiazole rings is 1. The quantitative estimate of drug-likeness (QED) is 0.444. The van der Waals surface area contributed by atoms with Crippen LogP contribution in [-0.4, -0.2) is 33.8 Å². The first kappa shape index (κ1) is 20.0. The van der Waals surface area contributed by atoms with Gasteiger partial charge in [0.2, 0.25) is 0 Å². The number of hydrogen-bond donors (Lipinski definition) is 1. The van der Waals surface area contributed by atoms with Crippen LogP contribution in [0.3, 0.4) is 0 Å². The van der Waals surface area contributed by atoms with Gasteiger partial charge in [-0.05, 0) is 43.5 Å². The summed E-state index contributed by atoms with van der Waals surface area (Å²) in [7, 11) is 0. The van der Waals surface area contributed by atoms with Gasteiger partial charge in [0.15, 0.2) is 5.13 Å². The van der Waals surface area contributed by atoms with Crippen molar-refractivity contribution in [1.82, 2.24) is 14.8 Å². The largest absolute Gasteiger partial charge is 0.348 e. The van der Waals surface area contributed by atoms with Gasteiger partial charge in [0.05, 0.1) is 28.0 Å². The Bertz CT molecular complexity index is 1240. The van der Waals surface area contributed by atoms with Gasteiger partial charge in [-0.3, -0.25) is 4.79 Å². The van der Waals surface area contributed by atoms with Crippen LogP contribution in [0.25, 0.3) is 10.2 Å². The van der Waals surface area contributed by atoms with Crippen molar-refractivity contribution in [2.45, 2.75) is 26.3 Å². The molecule has 0 bridgehead atoms. The van der Waals surface area contributed by atoms with Gasteiger partial charge in [0.1, 0.15) is 5.15 Å². The van der Waals surface area contributed by atoms with Crippen LogP contribution in [-0.2, 0) is 6.54 Å². The Morgan fingerprint density at radius 3 is 2.71 bits per heavy atom. The molecule has 0 spiro atoms. The maximum atomic E-state index is 13.0. The zero-order valence-corrected chi connectivity index (χ0v) is 18.7. The van der Waals surface area contributed by atoms with Crippen LogP contribution in [0, 0.1) is 6.92 Å². The van der Waals surface area contributed by atoms with Gasteiger partial charge in [-0.25, -0.2) is 9.67 Å². The molecule has 0 aliphatic carbocycles. The number of halogens is 1. The molecule has 158 valence electrons. The average molecular weight is 452 g/mol. The molecule has 1 aliphatic heterocycles. The van der Waals surface area contributed by atoms with Crippen molar-refractivity contribution in [2.24, 2.45) is 0 Å². The molecule has 0 atom stereocenters. The lowest BCUT2D eigenvalue weighted by molar-refractivity contribution is 0.102. The van der Waals surface area contributed by atoms with E-state index in [2.05, 4.69) is 15.3 Å². The van der Waals surface area contributed by atoms with E-state index in [4.69, 9.17) is 16.6 Å². The monoisotopic (exact) mass is 451 g/mol. The molecule has 8 heteroatoms. The van der Waals surface area contributed by atoms with E-state index in [1.54, 1.807) is 22.9 Å². The first-order chi connectivity index (χ1) is 15.1. The summed E-state index contributed by atoms with van der Waals surface area (Å²) in [4.78, 5) is 20.1. The lowest BCUT2D eigenvalue weighted by atomic mass is 10.2. The number of anilines is 2. The Kier molecular flexibility index (Phi) is 5.38. The molecule has 3 heterocycles. The van der Waals surface area contributed by atoms with Crippen molar-refractivity contribution in [1.29, 1.82) is 0 Å². The third-order valence-corrected chi connectivity index (χ3v) is 6.94. The molecule has 0 saturated carbocycles. The summed E-state index contributed by atoms with van der Waals surface area (Å²) >= 11 is 8.20. The first-order valence-corrected chi connectivity index (χ1v) is 11.5. The SMILES string of the molecule is Cc1nn(Cc2ccccc2)c(Cl)c1C(=O)Nc1ccc2nc(N3CCCC3)sc2c1. The van der Waals surface area contributed by atoms with E-state index in [0.29, 0.717) is 23.0 Å². The van der Waals surface area contributed by atoms with Crippen LogP contribution < -0.4 is 10.2 Å². The van der Waals surface area contributed by atoms with E-state index in [-0.39, 0.29) is 5.91 Å². The second-order valence-corrected chi connectivity index (χ2v) is 9.09. The van der Waals surface area contributed by atoms with E-state index in [0.717, 1.165) is 39.7 Å². The minimum atomic E-state index is -0.259. The number of nitrogens with zero attached hydrogens (tertiary/aromatic N) is 4. The zero-order valence-electron chi connectivity index (χ0n) is 17.1. The molecular formula is C23H22ClN5OS. The molecule has 0 unspecified atom stereocenters. The number of fused-ring (bicyclic) bond motifs is 1. The Labute approximate surface area is 189 Å². The summed E-state index contributed by atoms with van der Waals surface area (Å²) in [5.74, 6) is -0.259. The minimum absolute atomic E-state index is 0.259. The molecular weight excluding hydrogens is 430 g/mol. The highest BCUT2D eigenvalue weighted by Gasteiger charge is 2.21. The van der Waals surface area contributed by atoms with E-state index in [1.165, 1.54) is 12.8 Å². The maximum Gasteiger partial charge on any atom is 0.260 e. The number of benzene rings is 2. The highest BCUT2D eigenvalue weighted by atomic mass is 35.5. The van der Waals surface area contributed by atoms with Crippen LogP contribution in [0.1, 0.15) is 34.5 Å². The molecule has 1 aliphatic rings. The van der Waals surface area contributed by atoms with Gasteiger partial charge < -0.3 is 10.2 Å². The van der Waals surface area contributed by atoms with Crippen LogP contribution >= 0.6 is 22.9 Å². The van der Waals surface area contributed by atoms with Crippen LogP contribution in [0.5, 0.6) is 0 Å². The average Bonchev–Trinajstić information content (AvgIpc) is 3.48. The van der Waals surface area contributed by atoms with E-state index < -0.39 is 0 Å². The molecule has 4 aromatic rings. The number of carbonyl (C=O) groups excluding carboxylic acids is 1. The molecule has 2 aromatic heterocycles. The fraction of sp³-hybridized carbons (Fsp3) is 0.261. The Balaban J connectivity index is 1.36. The number of nitrogens with one attached hydrogen (secondary N) is 1. The highest BCUT2D eigenvalue weighted by molar-refractivity contribution is 7.22. The molecule has 1 N–H and O–H groups in total. The number of hydrogen-bond acceptors (Lipinski definition) is 5. The van der Waals surface area contributed by atoms with Gasteiger partial charge in [-0.15, -0.1) is 0 Å². The van der Waals surface area contributed by atoms with Crippen molar-refractivity contribution in [3.63, 3.8) is 0 Å². The standard InChI is InChI=1S/C23H22ClN5OS/c1-15-20(21(24)29(27-15)14-16-7-3-2-4-8-16)22(30)25-17-9-10-18-19(13-17)31-23(26-18)28-11-5-6-12-28/h2-4,7-10,13H,5-6,11-12,14H2,1H3,(H,25,30). The molecule has 31 heavy (non-hydrogen) atoms. The number of aromatic nitrogens is 3. The summed E-state index contributed by atoms with van der Waals surface area (Å²) in [6, 6.07) is 15.7. The first-order valence-electron chi connectivity index (χ1n) is 10.3. The summed E-state index contributed by atoms with van der Waals surface area (Å²) in [5.41, 5.74) is 3.76. The fourth-order valence-corrected chi connectivity index (χ4v) is 5.28. The number of carbonyl (C=O) groups is 1. The van der Waals surface area contributed by atoms with Gasteiger partial charge in [-0.1, -0.05) is 53.3 Å². The Hall–Kier alpha value is -2.90. The van der Waals surface area contributed by atoms with Crippen molar-refractivity contribution in [3.8, 4) is 0 Å². The summed E-state index contributed by atoms with van der Waals surface area (Å²) in [6.07, 6.45) is 2.44. The van der Waals surface area contributed by atoms with Crippen LogP contribution in [0.2, 0.25) is 5.15 Å². The summed E-state index contributed by atoms with van der Waals surface area (Å²) in [5, 5.41) is 8.85. The van der Waals surface area contributed by atoms with Crippen molar-refractivity contribution in [3.05, 3.63) is 70.5 Å². The highest BCUT2D eigenvalue weighted by Crippen LogP contribution is 2.32. The Morgan fingerprint density at radius 2 is 1.94 bits per heavy atom. The zero-order chi connectivity index (χ0) is 21.4. The predicted molar refractivity (Wildman–Crippen MR) is 127 cm³/mol. The summed E-state index contributed by atoms with van der Waals surface area (Å²) in [6.45, 7) is 4.44. The molecule has 6 nitrogen and oxygen atoms in total. The fourth-order valence-electron chi connectivity index (χ4n) is 3.90. The lowest BCUT2D eigenvalue weighted by Crippen LogP contribution is -2.16. The summed E-state index contributed by atoms with van der Waals surface area (Å²) < 4.78 is 2.72.